The van der Waals surface area contributed by atoms with E-state index in [1.165, 1.54) is 23.5 Å². The monoisotopic (exact) mass is 209 g/mol. The number of nitrogen functional groups attached to an aromatic ring is 1. The predicted molar refractivity (Wildman–Crippen MR) is 55.3 cm³/mol. The van der Waals surface area contributed by atoms with Crippen LogP contribution < -0.4 is 11.3 Å². The molecule has 2 rings (SSSR count). The molecule has 0 atom stereocenters. The Bertz CT molecular complexity index is 441. The maximum atomic E-state index is 12.9. The molecule has 0 fully saturated rings. The van der Waals surface area contributed by atoms with Crippen LogP contribution in [0, 0.1) is 5.82 Å². The van der Waals surface area contributed by atoms with Gasteiger partial charge in [0.05, 0.1) is 5.69 Å². The number of nitrogens with zero attached hydrogens (tertiary/aromatic N) is 1. The van der Waals surface area contributed by atoms with Crippen molar-refractivity contribution in [1.82, 2.24) is 4.98 Å². The van der Waals surface area contributed by atoms with Crippen LogP contribution in [-0.2, 0) is 0 Å². The van der Waals surface area contributed by atoms with Crippen LogP contribution in [0.4, 0.5) is 9.52 Å². The van der Waals surface area contributed by atoms with E-state index in [0.717, 1.165) is 11.3 Å². The molecule has 72 valence electrons. The zero-order valence-electron chi connectivity index (χ0n) is 7.20. The van der Waals surface area contributed by atoms with E-state index in [9.17, 15) is 4.39 Å². The summed E-state index contributed by atoms with van der Waals surface area (Å²) >= 11 is 1.38. The van der Waals surface area contributed by atoms with Crippen LogP contribution in [0.5, 0.6) is 0 Å². The fourth-order valence-electron chi connectivity index (χ4n) is 1.12. The Morgan fingerprint density at radius 3 is 2.93 bits per heavy atom. The molecule has 0 aliphatic carbocycles. The van der Waals surface area contributed by atoms with Gasteiger partial charge >= 0.3 is 0 Å². The number of aromatic nitrogens is 1. The molecule has 14 heavy (non-hydrogen) atoms. The molecule has 0 saturated heterocycles. The van der Waals surface area contributed by atoms with E-state index in [2.05, 4.69) is 10.4 Å². The SMILES string of the molecule is NNc1nc(-c2cccc(F)c2)cs1. The van der Waals surface area contributed by atoms with Gasteiger partial charge in [0.2, 0.25) is 0 Å². The van der Waals surface area contributed by atoms with Crippen LogP contribution in [0.3, 0.4) is 0 Å². The summed E-state index contributed by atoms with van der Waals surface area (Å²) in [5.74, 6) is 4.93. The maximum Gasteiger partial charge on any atom is 0.197 e. The average Bonchev–Trinajstić information content (AvgIpc) is 2.66. The Labute approximate surface area is 84.4 Å². The lowest BCUT2D eigenvalue weighted by molar-refractivity contribution is 0.628. The normalized spacial score (nSPS) is 10.1. The Morgan fingerprint density at radius 1 is 1.43 bits per heavy atom. The van der Waals surface area contributed by atoms with E-state index in [1.807, 2.05) is 5.38 Å². The zero-order valence-corrected chi connectivity index (χ0v) is 8.01. The highest BCUT2D eigenvalue weighted by Crippen LogP contribution is 2.24. The van der Waals surface area contributed by atoms with Crippen molar-refractivity contribution in [3.05, 3.63) is 35.5 Å². The second kappa shape index (κ2) is 3.73. The molecular formula is C9H8FN3S. The number of rotatable bonds is 2. The molecule has 0 radical (unpaired) electrons. The first-order chi connectivity index (χ1) is 6.79. The molecule has 1 heterocycles. The average molecular weight is 209 g/mol. The van der Waals surface area contributed by atoms with Crippen molar-refractivity contribution in [1.29, 1.82) is 0 Å². The maximum absolute atomic E-state index is 12.9. The summed E-state index contributed by atoms with van der Waals surface area (Å²) < 4.78 is 12.9. The van der Waals surface area contributed by atoms with Gasteiger partial charge in [-0.15, -0.1) is 11.3 Å². The molecule has 0 unspecified atom stereocenters. The fraction of sp³-hybridized carbons (Fsp3) is 0. The van der Waals surface area contributed by atoms with Gasteiger partial charge in [0.15, 0.2) is 5.13 Å². The van der Waals surface area contributed by atoms with Crippen molar-refractivity contribution >= 4 is 16.5 Å². The lowest BCUT2D eigenvalue weighted by Crippen LogP contribution is -2.05. The predicted octanol–water partition coefficient (Wildman–Crippen LogP) is 2.23. The highest BCUT2D eigenvalue weighted by Gasteiger charge is 2.03. The van der Waals surface area contributed by atoms with Crippen molar-refractivity contribution in [2.75, 3.05) is 5.43 Å². The largest absolute Gasteiger partial charge is 0.300 e. The van der Waals surface area contributed by atoms with Gasteiger partial charge < -0.3 is 0 Å². The Balaban J connectivity index is 2.39. The van der Waals surface area contributed by atoms with Crippen LogP contribution in [0.2, 0.25) is 0 Å². The third-order valence-corrected chi connectivity index (χ3v) is 2.52. The molecule has 1 aromatic carbocycles. The van der Waals surface area contributed by atoms with E-state index in [1.54, 1.807) is 12.1 Å². The summed E-state index contributed by atoms with van der Waals surface area (Å²) in [4.78, 5) is 4.16. The van der Waals surface area contributed by atoms with Crippen molar-refractivity contribution in [3.63, 3.8) is 0 Å². The van der Waals surface area contributed by atoms with Gasteiger partial charge in [-0.2, -0.15) is 0 Å². The molecule has 3 N–H and O–H groups in total. The number of hydrogen-bond donors (Lipinski definition) is 2. The molecule has 0 amide bonds. The summed E-state index contributed by atoms with van der Waals surface area (Å²) in [6.45, 7) is 0. The number of benzene rings is 1. The number of thiazole rings is 1. The van der Waals surface area contributed by atoms with E-state index >= 15 is 0 Å². The Hall–Kier alpha value is -1.46. The quantitative estimate of drug-likeness (QED) is 0.589. The summed E-state index contributed by atoms with van der Waals surface area (Å²) in [6, 6.07) is 6.30. The zero-order chi connectivity index (χ0) is 9.97. The van der Waals surface area contributed by atoms with Crippen molar-refractivity contribution < 1.29 is 4.39 Å². The number of nitrogens with one attached hydrogen (secondary N) is 1. The van der Waals surface area contributed by atoms with Gasteiger partial charge in [-0.25, -0.2) is 15.2 Å². The van der Waals surface area contributed by atoms with Crippen molar-refractivity contribution in [2.45, 2.75) is 0 Å². The van der Waals surface area contributed by atoms with E-state index in [0.29, 0.717) is 5.13 Å². The smallest absolute Gasteiger partial charge is 0.197 e. The molecule has 0 spiro atoms. The molecular weight excluding hydrogens is 201 g/mol. The molecule has 0 saturated carbocycles. The lowest BCUT2D eigenvalue weighted by atomic mass is 10.2. The fourth-order valence-corrected chi connectivity index (χ4v) is 1.75. The molecule has 0 aliphatic heterocycles. The van der Waals surface area contributed by atoms with Crippen LogP contribution in [0.1, 0.15) is 0 Å². The highest BCUT2D eigenvalue weighted by molar-refractivity contribution is 7.14. The first-order valence-electron chi connectivity index (χ1n) is 3.97. The van der Waals surface area contributed by atoms with Crippen molar-refractivity contribution in [2.24, 2.45) is 5.84 Å². The standard InChI is InChI=1S/C9H8FN3S/c10-7-3-1-2-6(4-7)8-5-14-9(12-8)13-11/h1-5H,11H2,(H,12,13). The third-order valence-electron chi connectivity index (χ3n) is 1.75. The first-order valence-corrected chi connectivity index (χ1v) is 4.85. The first kappa shape index (κ1) is 9.11. The molecule has 2 aromatic rings. The summed E-state index contributed by atoms with van der Waals surface area (Å²) in [5, 5.41) is 2.44. The third kappa shape index (κ3) is 1.73. The van der Waals surface area contributed by atoms with Gasteiger partial charge in [-0.05, 0) is 12.1 Å². The van der Waals surface area contributed by atoms with E-state index < -0.39 is 0 Å². The van der Waals surface area contributed by atoms with Crippen LogP contribution in [0.25, 0.3) is 11.3 Å². The number of nitrogens with two attached hydrogens (primary N) is 1. The number of anilines is 1. The molecule has 5 heteroatoms. The minimum Gasteiger partial charge on any atom is -0.300 e. The summed E-state index contributed by atoms with van der Waals surface area (Å²) in [7, 11) is 0. The number of hydrazine groups is 1. The minimum absolute atomic E-state index is 0.266. The number of halogens is 1. The van der Waals surface area contributed by atoms with Crippen LogP contribution in [-0.4, -0.2) is 4.98 Å². The highest BCUT2D eigenvalue weighted by atomic mass is 32.1. The summed E-state index contributed by atoms with van der Waals surface area (Å²) in [6.07, 6.45) is 0. The summed E-state index contributed by atoms with van der Waals surface area (Å²) in [5.41, 5.74) is 3.92. The second-order valence-corrected chi connectivity index (χ2v) is 3.55. The minimum atomic E-state index is -0.266. The van der Waals surface area contributed by atoms with Gasteiger partial charge in [0.1, 0.15) is 5.82 Å². The molecule has 1 aromatic heterocycles. The molecule has 3 nitrogen and oxygen atoms in total. The lowest BCUT2D eigenvalue weighted by Gasteiger charge is -1.95. The second-order valence-electron chi connectivity index (χ2n) is 2.69. The van der Waals surface area contributed by atoms with E-state index in [4.69, 9.17) is 5.84 Å². The van der Waals surface area contributed by atoms with Gasteiger partial charge in [0.25, 0.3) is 0 Å². The van der Waals surface area contributed by atoms with Gasteiger partial charge in [-0.1, -0.05) is 12.1 Å². The number of hydrogen-bond acceptors (Lipinski definition) is 4. The Kier molecular flexibility index (Phi) is 2.43. The van der Waals surface area contributed by atoms with Crippen molar-refractivity contribution in [3.8, 4) is 11.3 Å². The molecule has 0 aliphatic rings. The van der Waals surface area contributed by atoms with Gasteiger partial charge in [-0.3, -0.25) is 5.43 Å². The topological polar surface area (TPSA) is 50.9 Å². The Morgan fingerprint density at radius 2 is 2.29 bits per heavy atom. The van der Waals surface area contributed by atoms with Crippen LogP contribution >= 0.6 is 11.3 Å². The van der Waals surface area contributed by atoms with Gasteiger partial charge in [0, 0.05) is 10.9 Å². The molecule has 0 bridgehead atoms. The van der Waals surface area contributed by atoms with Crippen LogP contribution in [0.15, 0.2) is 29.6 Å². The van der Waals surface area contributed by atoms with E-state index in [-0.39, 0.29) is 5.82 Å².